The van der Waals surface area contributed by atoms with Crippen molar-refractivity contribution < 1.29 is 0 Å². The highest BCUT2D eigenvalue weighted by atomic mass is 15.3. The average Bonchev–Trinajstić information content (AvgIpc) is 2.87. The third kappa shape index (κ3) is 2.75. The molecule has 0 unspecified atom stereocenters. The van der Waals surface area contributed by atoms with Gasteiger partial charge >= 0.3 is 0 Å². The summed E-state index contributed by atoms with van der Waals surface area (Å²) >= 11 is 0. The molecule has 0 N–H and O–H groups in total. The molecular formula is C13H20N4. The van der Waals surface area contributed by atoms with Crippen LogP contribution in [0.25, 0.3) is 0 Å². The van der Waals surface area contributed by atoms with Gasteiger partial charge in [-0.2, -0.15) is 10.2 Å². The molecule has 2 aromatic rings. The first kappa shape index (κ1) is 11.9. The Bertz CT molecular complexity index is 435. The highest BCUT2D eigenvalue weighted by Crippen LogP contribution is 2.11. The maximum absolute atomic E-state index is 4.53. The van der Waals surface area contributed by atoms with Gasteiger partial charge in [0.25, 0.3) is 0 Å². The lowest BCUT2D eigenvalue weighted by Crippen LogP contribution is -2.05. The topological polar surface area (TPSA) is 35.6 Å². The van der Waals surface area contributed by atoms with Crippen LogP contribution in [-0.4, -0.2) is 19.6 Å². The SMILES string of the molecule is CC(C)c1ccn(Cc2ccn(C(C)C)n2)n1. The van der Waals surface area contributed by atoms with Gasteiger partial charge in [-0.15, -0.1) is 0 Å². The van der Waals surface area contributed by atoms with E-state index < -0.39 is 0 Å². The molecular weight excluding hydrogens is 212 g/mol. The van der Waals surface area contributed by atoms with Gasteiger partial charge < -0.3 is 0 Å². The monoisotopic (exact) mass is 232 g/mol. The van der Waals surface area contributed by atoms with E-state index in [1.807, 2.05) is 21.8 Å². The molecule has 0 saturated heterocycles. The van der Waals surface area contributed by atoms with E-state index in [1.54, 1.807) is 0 Å². The Morgan fingerprint density at radius 3 is 2.35 bits per heavy atom. The van der Waals surface area contributed by atoms with Gasteiger partial charge in [0, 0.05) is 18.4 Å². The van der Waals surface area contributed by atoms with Crippen LogP contribution in [0.4, 0.5) is 0 Å². The summed E-state index contributed by atoms with van der Waals surface area (Å²) < 4.78 is 3.92. The Morgan fingerprint density at radius 2 is 1.82 bits per heavy atom. The van der Waals surface area contributed by atoms with Crippen molar-refractivity contribution in [1.82, 2.24) is 19.6 Å². The van der Waals surface area contributed by atoms with E-state index >= 15 is 0 Å². The molecule has 4 heteroatoms. The third-order valence-electron chi connectivity index (χ3n) is 2.77. The molecule has 0 aliphatic rings. The summed E-state index contributed by atoms with van der Waals surface area (Å²) in [7, 11) is 0. The van der Waals surface area contributed by atoms with Crippen LogP contribution in [0.5, 0.6) is 0 Å². The van der Waals surface area contributed by atoms with Gasteiger partial charge in [0.1, 0.15) is 0 Å². The largest absolute Gasteiger partial charge is 0.270 e. The van der Waals surface area contributed by atoms with Crippen molar-refractivity contribution >= 4 is 0 Å². The number of nitrogens with zero attached hydrogens (tertiary/aromatic N) is 4. The van der Waals surface area contributed by atoms with Crippen LogP contribution in [0.3, 0.4) is 0 Å². The zero-order valence-electron chi connectivity index (χ0n) is 11.0. The number of aromatic nitrogens is 4. The summed E-state index contributed by atoms with van der Waals surface area (Å²) in [6, 6.07) is 4.54. The van der Waals surface area contributed by atoms with E-state index in [0.29, 0.717) is 12.0 Å². The van der Waals surface area contributed by atoms with Gasteiger partial charge in [-0.1, -0.05) is 13.8 Å². The second-order valence-corrected chi connectivity index (χ2v) is 4.97. The van der Waals surface area contributed by atoms with Crippen LogP contribution in [-0.2, 0) is 6.54 Å². The molecule has 0 aliphatic carbocycles. The normalized spacial score (nSPS) is 11.6. The highest BCUT2D eigenvalue weighted by Gasteiger charge is 2.06. The molecule has 0 spiro atoms. The summed E-state index contributed by atoms with van der Waals surface area (Å²) in [6.07, 6.45) is 4.04. The van der Waals surface area contributed by atoms with Crippen molar-refractivity contribution in [3.05, 3.63) is 35.9 Å². The van der Waals surface area contributed by atoms with Crippen LogP contribution < -0.4 is 0 Å². The minimum atomic E-state index is 0.410. The lowest BCUT2D eigenvalue weighted by atomic mass is 10.1. The molecule has 0 aromatic carbocycles. The number of hydrogen-bond donors (Lipinski definition) is 0. The van der Waals surface area contributed by atoms with E-state index in [0.717, 1.165) is 17.9 Å². The zero-order chi connectivity index (χ0) is 12.4. The standard InChI is InChI=1S/C13H20N4/c1-10(2)13-6-7-16(15-13)9-12-5-8-17(14-12)11(3)4/h5-8,10-11H,9H2,1-4H3. The number of rotatable bonds is 4. The van der Waals surface area contributed by atoms with Crippen molar-refractivity contribution in [3.63, 3.8) is 0 Å². The third-order valence-corrected chi connectivity index (χ3v) is 2.77. The van der Waals surface area contributed by atoms with Crippen LogP contribution >= 0.6 is 0 Å². The molecule has 17 heavy (non-hydrogen) atoms. The second-order valence-electron chi connectivity index (χ2n) is 4.97. The highest BCUT2D eigenvalue weighted by molar-refractivity contribution is 5.06. The van der Waals surface area contributed by atoms with Gasteiger partial charge in [0.15, 0.2) is 0 Å². The van der Waals surface area contributed by atoms with Gasteiger partial charge in [-0.25, -0.2) is 0 Å². The van der Waals surface area contributed by atoms with Crippen molar-refractivity contribution in [2.45, 2.75) is 46.2 Å². The quantitative estimate of drug-likeness (QED) is 0.812. The molecule has 92 valence electrons. The Balaban J connectivity index is 2.08. The van der Waals surface area contributed by atoms with Crippen LogP contribution in [0.1, 0.15) is 51.0 Å². The Kier molecular flexibility index (Phi) is 3.31. The maximum Gasteiger partial charge on any atom is 0.0849 e. The zero-order valence-corrected chi connectivity index (χ0v) is 11.0. The molecule has 0 fully saturated rings. The van der Waals surface area contributed by atoms with Gasteiger partial charge in [-0.3, -0.25) is 9.36 Å². The van der Waals surface area contributed by atoms with Crippen LogP contribution in [0.15, 0.2) is 24.5 Å². The Morgan fingerprint density at radius 1 is 1.06 bits per heavy atom. The summed E-state index contributed by atoms with van der Waals surface area (Å²) in [5, 5.41) is 9.04. The van der Waals surface area contributed by atoms with E-state index in [-0.39, 0.29) is 0 Å². The average molecular weight is 232 g/mol. The summed E-state index contributed by atoms with van der Waals surface area (Å²) in [4.78, 5) is 0. The molecule has 0 radical (unpaired) electrons. The van der Waals surface area contributed by atoms with Gasteiger partial charge in [-0.05, 0) is 31.9 Å². The van der Waals surface area contributed by atoms with Crippen LogP contribution in [0.2, 0.25) is 0 Å². The molecule has 0 atom stereocenters. The van der Waals surface area contributed by atoms with Crippen molar-refractivity contribution in [2.24, 2.45) is 0 Å². The molecule has 2 heterocycles. The minimum Gasteiger partial charge on any atom is -0.270 e. The first-order chi connectivity index (χ1) is 8.06. The molecule has 0 amide bonds. The second kappa shape index (κ2) is 4.73. The molecule has 4 nitrogen and oxygen atoms in total. The summed E-state index contributed by atoms with van der Waals surface area (Å²) in [5.74, 6) is 0.476. The van der Waals surface area contributed by atoms with E-state index in [4.69, 9.17) is 0 Å². The molecule has 2 rings (SSSR count). The fraction of sp³-hybridized carbons (Fsp3) is 0.538. The summed E-state index contributed by atoms with van der Waals surface area (Å²) in [6.45, 7) is 9.30. The van der Waals surface area contributed by atoms with Crippen LogP contribution in [0, 0.1) is 0 Å². The first-order valence-electron chi connectivity index (χ1n) is 6.13. The van der Waals surface area contributed by atoms with Crippen molar-refractivity contribution in [2.75, 3.05) is 0 Å². The lowest BCUT2D eigenvalue weighted by Gasteiger charge is -2.04. The summed E-state index contributed by atoms with van der Waals surface area (Å²) in [5.41, 5.74) is 2.19. The molecule has 0 aliphatic heterocycles. The van der Waals surface area contributed by atoms with Crippen molar-refractivity contribution in [1.29, 1.82) is 0 Å². The number of hydrogen-bond acceptors (Lipinski definition) is 2. The predicted octanol–water partition coefficient (Wildman–Crippen LogP) is 2.83. The minimum absolute atomic E-state index is 0.410. The maximum atomic E-state index is 4.53. The fourth-order valence-corrected chi connectivity index (χ4v) is 1.69. The van der Waals surface area contributed by atoms with Gasteiger partial charge in [0.2, 0.25) is 0 Å². The smallest absolute Gasteiger partial charge is 0.0849 e. The lowest BCUT2D eigenvalue weighted by molar-refractivity contribution is 0.520. The first-order valence-corrected chi connectivity index (χ1v) is 6.13. The Labute approximate surface area is 102 Å². The van der Waals surface area contributed by atoms with E-state index in [1.165, 1.54) is 0 Å². The van der Waals surface area contributed by atoms with E-state index in [9.17, 15) is 0 Å². The fourth-order valence-electron chi connectivity index (χ4n) is 1.69. The van der Waals surface area contributed by atoms with Crippen molar-refractivity contribution in [3.8, 4) is 0 Å². The van der Waals surface area contributed by atoms with E-state index in [2.05, 4.69) is 50.0 Å². The predicted molar refractivity (Wildman–Crippen MR) is 68.0 cm³/mol. The Hall–Kier alpha value is -1.58. The molecule has 0 saturated carbocycles. The molecule has 0 bridgehead atoms. The molecule has 2 aromatic heterocycles. The van der Waals surface area contributed by atoms with Gasteiger partial charge in [0.05, 0.1) is 17.9 Å².